The van der Waals surface area contributed by atoms with Crippen molar-refractivity contribution in [3.63, 3.8) is 0 Å². The van der Waals surface area contributed by atoms with Gasteiger partial charge in [0, 0.05) is 19.5 Å². The molecule has 122 valence electrons. The van der Waals surface area contributed by atoms with Crippen molar-refractivity contribution in [2.75, 3.05) is 20.7 Å². The molecule has 1 amide bonds. The average Bonchev–Trinajstić information content (AvgIpc) is 2.49. The van der Waals surface area contributed by atoms with E-state index in [1.807, 2.05) is 0 Å². The zero-order valence-electron chi connectivity index (χ0n) is 12.8. The van der Waals surface area contributed by atoms with Gasteiger partial charge in [-0.15, -0.1) is 0 Å². The quantitative estimate of drug-likeness (QED) is 0.929. The minimum atomic E-state index is -0.997. The summed E-state index contributed by atoms with van der Waals surface area (Å²) in [5.74, 6) is -2.88. The molecule has 0 bridgehead atoms. The van der Waals surface area contributed by atoms with E-state index in [-0.39, 0.29) is 18.2 Å². The molecule has 1 saturated carbocycles. The third-order valence-corrected chi connectivity index (χ3v) is 4.21. The Hall–Kier alpha value is -1.69. The van der Waals surface area contributed by atoms with Gasteiger partial charge in [-0.05, 0) is 25.0 Å². The van der Waals surface area contributed by atoms with Crippen LogP contribution in [-0.2, 0) is 0 Å². The molecule has 6 heteroatoms. The van der Waals surface area contributed by atoms with Gasteiger partial charge in [0.05, 0.1) is 13.2 Å². The maximum atomic E-state index is 14.1. The summed E-state index contributed by atoms with van der Waals surface area (Å²) in [7, 11) is 2.74. The Labute approximate surface area is 128 Å². The number of carbonyl (C=O) groups is 1. The van der Waals surface area contributed by atoms with E-state index in [0.717, 1.165) is 31.4 Å². The summed E-state index contributed by atoms with van der Waals surface area (Å²) in [6, 6.07) is 2.16. The molecule has 1 N–H and O–H groups in total. The summed E-state index contributed by atoms with van der Waals surface area (Å²) < 4.78 is 32.8. The number of hydrogen-bond donors (Lipinski definition) is 1. The van der Waals surface area contributed by atoms with Crippen LogP contribution >= 0.6 is 0 Å². The van der Waals surface area contributed by atoms with Gasteiger partial charge in [0.15, 0.2) is 11.6 Å². The first-order valence-corrected chi connectivity index (χ1v) is 7.41. The highest BCUT2D eigenvalue weighted by Gasteiger charge is 2.29. The van der Waals surface area contributed by atoms with Crippen LogP contribution in [0.15, 0.2) is 12.1 Å². The van der Waals surface area contributed by atoms with E-state index < -0.39 is 29.2 Å². The maximum Gasteiger partial charge on any atom is 0.259 e. The van der Waals surface area contributed by atoms with E-state index in [2.05, 4.69) is 0 Å². The summed E-state index contributed by atoms with van der Waals surface area (Å²) >= 11 is 0. The van der Waals surface area contributed by atoms with Gasteiger partial charge in [-0.2, -0.15) is 0 Å². The Morgan fingerprint density at radius 1 is 1.36 bits per heavy atom. The first-order valence-electron chi connectivity index (χ1n) is 7.41. The number of aliphatic hydroxyl groups is 1. The van der Waals surface area contributed by atoms with Crippen LogP contribution < -0.4 is 4.74 Å². The van der Waals surface area contributed by atoms with Crippen molar-refractivity contribution in [3.05, 3.63) is 29.3 Å². The fraction of sp³-hybridized carbons (Fsp3) is 0.562. The van der Waals surface area contributed by atoms with Gasteiger partial charge in [0.1, 0.15) is 11.4 Å². The minimum absolute atomic E-state index is 0.0561. The molecule has 1 aromatic carbocycles. The molecule has 22 heavy (non-hydrogen) atoms. The second-order valence-electron chi connectivity index (χ2n) is 5.74. The highest BCUT2D eigenvalue weighted by atomic mass is 19.1. The SMILES string of the molecule is COc1ccc(F)c(C(=O)N(C)CC2CCCCC2O)c1F. The van der Waals surface area contributed by atoms with Gasteiger partial charge in [-0.3, -0.25) is 4.79 Å². The van der Waals surface area contributed by atoms with Gasteiger partial charge >= 0.3 is 0 Å². The molecule has 0 aliphatic heterocycles. The number of aliphatic hydroxyl groups excluding tert-OH is 1. The lowest BCUT2D eigenvalue weighted by atomic mass is 9.86. The summed E-state index contributed by atoms with van der Waals surface area (Å²) in [5.41, 5.74) is -0.618. The van der Waals surface area contributed by atoms with E-state index in [1.54, 1.807) is 0 Å². The fourth-order valence-corrected chi connectivity index (χ4v) is 2.91. The summed E-state index contributed by atoms with van der Waals surface area (Å²) in [5, 5.41) is 9.96. The van der Waals surface area contributed by atoms with E-state index in [9.17, 15) is 18.7 Å². The minimum Gasteiger partial charge on any atom is -0.494 e. The van der Waals surface area contributed by atoms with Crippen LogP contribution in [0.5, 0.6) is 5.75 Å². The Morgan fingerprint density at radius 3 is 2.68 bits per heavy atom. The molecule has 0 saturated heterocycles. The largest absolute Gasteiger partial charge is 0.494 e. The molecule has 1 aliphatic carbocycles. The molecular weight excluding hydrogens is 292 g/mol. The van der Waals surface area contributed by atoms with Crippen LogP contribution in [0.2, 0.25) is 0 Å². The molecule has 4 nitrogen and oxygen atoms in total. The second kappa shape index (κ2) is 7.05. The maximum absolute atomic E-state index is 14.1. The molecule has 1 aliphatic rings. The van der Waals surface area contributed by atoms with Crippen molar-refractivity contribution in [3.8, 4) is 5.75 Å². The number of methoxy groups -OCH3 is 1. The third kappa shape index (κ3) is 3.38. The number of hydrogen-bond acceptors (Lipinski definition) is 3. The molecule has 2 unspecified atom stereocenters. The number of carbonyl (C=O) groups excluding carboxylic acids is 1. The topological polar surface area (TPSA) is 49.8 Å². The predicted molar refractivity (Wildman–Crippen MR) is 77.8 cm³/mol. The third-order valence-electron chi connectivity index (χ3n) is 4.21. The van der Waals surface area contributed by atoms with Crippen LogP contribution in [0.1, 0.15) is 36.0 Å². The lowest BCUT2D eigenvalue weighted by Crippen LogP contribution is -2.38. The van der Waals surface area contributed by atoms with Gasteiger partial charge in [-0.25, -0.2) is 8.78 Å². The average molecular weight is 313 g/mol. The fourth-order valence-electron chi connectivity index (χ4n) is 2.91. The summed E-state index contributed by atoms with van der Waals surface area (Å²) in [6.07, 6.45) is 3.00. The van der Waals surface area contributed by atoms with E-state index >= 15 is 0 Å². The van der Waals surface area contributed by atoms with E-state index in [1.165, 1.54) is 19.1 Å². The van der Waals surface area contributed by atoms with Gasteiger partial charge in [0.25, 0.3) is 5.91 Å². The van der Waals surface area contributed by atoms with Crippen molar-refractivity contribution >= 4 is 5.91 Å². The molecule has 0 spiro atoms. The van der Waals surface area contributed by atoms with Gasteiger partial charge in [-0.1, -0.05) is 12.8 Å². The van der Waals surface area contributed by atoms with Crippen molar-refractivity contribution in [2.45, 2.75) is 31.8 Å². The highest BCUT2D eigenvalue weighted by Crippen LogP contribution is 2.27. The van der Waals surface area contributed by atoms with Crippen molar-refractivity contribution < 1.29 is 23.4 Å². The van der Waals surface area contributed by atoms with Crippen molar-refractivity contribution in [2.24, 2.45) is 5.92 Å². The van der Waals surface area contributed by atoms with Crippen LogP contribution in [0.3, 0.4) is 0 Å². The molecule has 1 aromatic rings. The molecule has 2 rings (SSSR count). The molecule has 2 atom stereocenters. The Kier molecular flexibility index (Phi) is 5.34. The smallest absolute Gasteiger partial charge is 0.259 e. The Balaban J connectivity index is 2.17. The lowest BCUT2D eigenvalue weighted by Gasteiger charge is -2.31. The van der Waals surface area contributed by atoms with Crippen molar-refractivity contribution in [1.29, 1.82) is 0 Å². The molecule has 0 aromatic heterocycles. The number of amides is 1. The number of halogens is 2. The number of rotatable bonds is 4. The number of ether oxygens (including phenoxy) is 1. The first-order chi connectivity index (χ1) is 10.5. The first kappa shape index (κ1) is 16.7. The molecule has 0 heterocycles. The van der Waals surface area contributed by atoms with Crippen LogP contribution in [0.25, 0.3) is 0 Å². The zero-order chi connectivity index (χ0) is 16.3. The van der Waals surface area contributed by atoms with Gasteiger partial charge < -0.3 is 14.7 Å². The predicted octanol–water partition coefficient (Wildman–Crippen LogP) is 2.60. The lowest BCUT2D eigenvalue weighted by molar-refractivity contribution is 0.0447. The zero-order valence-corrected chi connectivity index (χ0v) is 12.8. The van der Waals surface area contributed by atoms with Crippen LogP contribution in [-0.4, -0.2) is 42.7 Å². The second-order valence-corrected chi connectivity index (χ2v) is 5.74. The van der Waals surface area contributed by atoms with Crippen LogP contribution in [0, 0.1) is 17.6 Å². The van der Waals surface area contributed by atoms with E-state index in [4.69, 9.17) is 4.74 Å². The normalized spacial score (nSPS) is 21.5. The van der Waals surface area contributed by atoms with Gasteiger partial charge in [0.2, 0.25) is 0 Å². The standard InChI is InChI=1S/C16H21F2NO3/c1-19(9-10-5-3-4-6-12(10)20)16(21)14-11(17)7-8-13(22-2)15(14)18/h7-8,10,12,20H,3-6,9H2,1-2H3. The Bertz CT molecular complexity index is 550. The molecule has 0 radical (unpaired) electrons. The Morgan fingerprint density at radius 2 is 2.05 bits per heavy atom. The molecular formula is C16H21F2NO3. The monoisotopic (exact) mass is 313 g/mol. The van der Waals surface area contributed by atoms with E-state index in [0.29, 0.717) is 6.42 Å². The molecule has 1 fully saturated rings. The summed E-state index contributed by atoms with van der Waals surface area (Å²) in [6.45, 7) is 0.274. The number of benzene rings is 1. The van der Waals surface area contributed by atoms with Crippen LogP contribution in [0.4, 0.5) is 8.78 Å². The highest BCUT2D eigenvalue weighted by molar-refractivity contribution is 5.95. The van der Waals surface area contributed by atoms with Crippen molar-refractivity contribution in [1.82, 2.24) is 4.90 Å². The number of nitrogens with zero attached hydrogens (tertiary/aromatic N) is 1. The summed E-state index contributed by atoms with van der Waals surface area (Å²) in [4.78, 5) is 13.6.